The predicted octanol–water partition coefficient (Wildman–Crippen LogP) is -0.194. The highest BCUT2D eigenvalue weighted by Gasteiger charge is 2.77. The molecule has 3 N–H and O–H groups in total. The molecule has 1 aromatic carbocycles. The molecule has 8 heteroatoms. The molecule has 4 rings (SSSR count). The maximum absolute atomic E-state index is 13.3. The van der Waals surface area contributed by atoms with Crippen LogP contribution in [0.15, 0.2) is 30.3 Å². The third-order valence-electron chi connectivity index (χ3n) is 6.70. The third kappa shape index (κ3) is 2.85. The number of rotatable bonds is 6. The number of amides is 3. The van der Waals surface area contributed by atoms with E-state index in [2.05, 4.69) is 10.6 Å². The van der Waals surface area contributed by atoms with Gasteiger partial charge in [0.2, 0.25) is 17.7 Å². The molecule has 0 aromatic heterocycles. The fourth-order valence-corrected chi connectivity index (χ4v) is 5.51. The summed E-state index contributed by atoms with van der Waals surface area (Å²) in [7, 11) is 1.54. The number of carbonyl (C=O) groups is 3. The van der Waals surface area contributed by atoms with E-state index in [-0.39, 0.29) is 30.9 Å². The molecule has 2 bridgehead atoms. The first-order chi connectivity index (χ1) is 13.9. The van der Waals surface area contributed by atoms with Gasteiger partial charge in [-0.05, 0) is 25.3 Å². The van der Waals surface area contributed by atoms with E-state index in [4.69, 9.17) is 4.74 Å². The van der Waals surface area contributed by atoms with Crippen molar-refractivity contribution in [2.24, 2.45) is 11.8 Å². The summed E-state index contributed by atoms with van der Waals surface area (Å²) in [5.74, 6) is -2.24. The van der Waals surface area contributed by atoms with Crippen LogP contribution in [0.2, 0.25) is 0 Å². The summed E-state index contributed by atoms with van der Waals surface area (Å²) in [5.41, 5.74) is -0.873. The average Bonchev–Trinajstić information content (AvgIpc) is 3.28. The van der Waals surface area contributed by atoms with Crippen molar-refractivity contribution >= 4 is 17.7 Å². The van der Waals surface area contributed by atoms with Crippen molar-refractivity contribution in [3.05, 3.63) is 35.9 Å². The predicted molar refractivity (Wildman–Crippen MR) is 103 cm³/mol. The van der Waals surface area contributed by atoms with Crippen molar-refractivity contribution in [1.82, 2.24) is 15.5 Å². The molecular weight excluding hydrogens is 374 g/mol. The minimum atomic E-state index is -1.04. The number of aliphatic hydroxyl groups excluding tert-OH is 1. The Morgan fingerprint density at radius 3 is 2.62 bits per heavy atom. The molecule has 1 aromatic rings. The molecule has 3 fully saturated rings. The van der Waals surface area contributed by atoms with Crippen LogP contribution in [0.5, 0.6) is 0 Å². The van der Waals surface area contributed by atoms with Gasteiger partial charge >= 0.3 is 0 Å². The van der Waals surface area contributed by atoms with Crippen LogP contribution in [0.1, 0.15) is 25.3 Å². The molecule has 3 amide bonds. The number of ether oxygens (including phenoxy) is 1. The van der Waals surface area contributed by atoms with Crippen molar-refractivity contribution in [3.63, 3.8) is 0 Å². The highest BCUT2D eigenvalue weighted by atomic mass is 16.5. The number of carbonyl (C=O) groups excluding carboxylic acids is 3. The lowest BCUT2D eigenvalue weighted by atomic mass is 9.66. The Hall–Kier alpha value is -2.45. The van der Waals surface area contributed by atoms with E-state index >= 15 is 0 Å². The topological polar surface area (TPSA) is 108 Å². The van der Waals surface area contributed by atoms with Gasteiger partial charge in [-0.15, -0.1) is 0 Å². The van der Waals surface area contributed by atoms with Gasteiger partial charge in [0.05, 0.1) is 24.0 Å². The number of likely N-dealkylation sites (tertiary alicyclic amines) is 1. The van der Waals surface area contributed by atoms with Crippen molar-refractivity contribution in [2.75, 3.05) is 20.2 Å². The molecule has 0 saturated carbocycles. The highest BCUT2D eigenvalue weighted by Crippen LogP contribution is 2.62. The number of hydrogen-bond donors (Lipinski definition) is 3. The average molecular weight is 401 g/mol. The molecule has 3 aliphatic rings. The maximum atomic E-state index is 13.3. The molecule has 3 heterocycles. The third-order valence-corrected chi connectivity index (χ3v) is 6.70. The lowest BCUT2D eigenvalue weighted by molar-refractivity contribution is -0.146. The van der Waals surface area contributed by atoms with Crippen molar-refractivity contribution in [3.8, 4) is 0 Å². The quantitative estimate of drug-likeness (QED) is 0.612. The van der Waals surface area contributed by atoms with Crippen LogP contribution >= 0.6 is 0 Å². The maximum Gasteiger partial charge on any atom is 0.246 e. The van der Waals surface area contributed by atoms with E-state index < -0.39 is 29.1 Å². The van der Waals surface area contributed by atoms with Crippen molar-refractivity contribution in [1.29, 1.82) is 0 Å². The molecule has 8 nitrogen and oxygen atoms in total. The van der Waals surface area contributed by atoms with Crippen LogP contribution in [-0.2, 0) is 25.7 Å². The summed E-state index contributed by atoms with van der Waals surface area (Å²) in [6.07, 6.45) is 1.13. The Labute approximate surface area is 169 Å². The zero-order valence-corrected chi connectivity index (χ0v) is 16.7. The summed E-state index contributed by atoms with van der Waals surface area (Å²) in [6.45, 7) is 1.94. The van der Waals surface area contributed by atoms with E-state index in [0.717, 1.165) is 5.56 Å². The van der Waals surface area contributed by atoms with E-state index in [1.807, 2.05) is 37.3 Å². The highest BCUT2D eigenvalue weighted by molar-refractivity contribution is 5.99. The van der Waals surface area contributed by atoms with Gasteiger partial charge in [-0.25, -0.2) is 0 Å². The molecule has 3 aliphatic heterocycles. The summed E-state index contributed by atoms with van der Waals surface area (Å²) >= 11 is 0. The first-order valence-electron chi connectivity index (χ1n) is 10.0. The SMILES string of the molecule is CNC(=O)[C@@H]1[C@H]2C(=O)N(CCO)C(C(=O)NCc3ccccc3)C23CC[C@@]1(C)O3. The van der Waals surface area contributed by atoms with Gasteiger partial charge in [0.25, 0.3) is 0 Å². The first-order valence-corrected chi connectivity index (χ1v) is 10.0. The van der Waals surface area contributed by atoms with Crippen LogP contribution in [0, 0.1) is 11.8 Å². The molecule has 1 spiro atoms. The Morgan fingerprint density at radius 2 is 1.97 bits per heavy atom. The van der Waals surface area contributed by atoms with Gasteiger partial charge in [-0.2, -0.15) is 0 Å². The number of hydrogen-bond acceptors (Lipinski definition) is 5. The number of nitrogens with one attached hydrogen (secondary N) is 2. The number of aliphatic hydroxyl groups is 1. The van der Waals surface area contributed by atoms with E-state index in [9.17, 15) is 19.5 Å². The fourth-order valence-electron chi connectivity index (χ4n) is 5.51. The smallest absolute Gasteiger partial charge is 0.246 e. The van der Waals surface area contributed by atoms with E-state index in [1.54, 1.807) is 7.05 Å². The Kier molecular flexibility index (Phi) is 4.86. The number of nitrogens with zero attached hydrogens (tertiary/aromatic N) is 1. The van der Waals surface area contributed by atoms with Crippen LogP contribution in [-0.4, -0.2) is 65.2 Å². The standard InChI is InChI=1S/C21H27N3O5/c1-20-8-9-21(29-20)15(14(20)17(26)22-2)19(28)24(10-11-25)16(21)18(27)23-12-13-6-4-3-5-7-13/h3-7,14-16,25H,8-12H2,1-2H3,(H,22,26)(H,23,27)/t14-,15-,16?,20+,21?/m0/s1. The molecule has 5 atom stereocenters. The number of fused-ring (bicyclic) bond motifs is 1. The van der Waals surface area contributed by atoms with Crippen molar-refractivity contribution < 1.29 is 24.2 Å². The zero-order chi connectivity index (χ0) is 20.8. The fraction of sp³-hybridized carbons (Fsp3) is 0.571. The normalized spacial score (nSPS) is 34.9. The number of β-amino-alcohol motifs (C(OH)–C–C–N with tert-alkyl or cyclic N) is 1. The monoisotopic (exact) mass is 401 g/mol. The van der Waals surface area contributed by atoms with Crippen LogP contribution in [0.25, 0.3) is 0 Å². The zero-order valence-electron chi connectivity index (χ0n) is 16.7. The van der Waals surface area contributed by atoms with Gasteiger partial charge < -0.3 is 25.4 Å². The second-order valence-electron chi connectivity index (χ2n) is 8.30. The second-order valence-corrected chi connectivity index (χ2v) is 8.30. The lowest BCUT2D eigenvalue weighted by Gasteiger charge is -2.33. The van der Waals surface area contributed by atoms with Gasteiger partial charge in [-0.3, -0.25) is 14.4 Å². The Balaban J connectivity index is 1.66. The molecule has 156 valence electrons. The Morgan fingerprint density at radius 1 is 1.24 bits per heavy atom. The molecule has 0 radical (unpaired) electrons. The van der Waals surface area contributed by atoms with Crippen molar-refractivity contribution in [2.45, 2.75) is 43.6 Å². The van der Waals surface area contributed by atoms with Gasteiger partial charge in [0.15, 0.2) is 0 Å². The molecule has 29 heavy (non-hydrogen) atoms. The number of benzene rings is 1. The first kappa shape index (κ1) is 19.8. The molecule has 3 saturated heterocycles. The second kappa shape index (κ2) is 7.11. The van der Waals surface area contributed by atoms with Gasteiger partial charge in [-0.1, -0.05) is 30.3 Å². The van der Waals surface area contributed by atoms with Crippen LogP contribution in [0.4, 0.5) is 0 Å². The molecule has 2 unspecified atom stereocenters. The van der Waals surface area contributed by atoms with Gasteiger partial charge in [0.1, 0.15) is 11.6 Å². The van der Waals surface area contributed by atoms with Crippen LogP contribution < -0.4 is 10.6 Å². The lowest BCUT2D eigenvalue weighted by Crippen LogP contribution is -2.55. The molecule has 0 aliphatic carbocycles. The van der Waals surface area contributed by atoms with E-state index in [1.165, 1.54) is 4.90 Å². The largest absolute Gasteiger partial charge is 0.395 e. The summed E-state index contributed by atoms with van der Waals surface area (Å²) in [4.78, 5) is 40.6. The molecular formula is C21H27N3O5. The minimum Gasteiger partial charge on any atom is -0.395 e. The summed E-state index contributed by atoms with van der Waals surface area (Å²) in [6, 6.07) is 8.64. The Bertz CT molecular complexity index is 831. The summed E-state index contributed by atoms with van der Waals surface area (Å²) in [5, 5.41) is 15.1. The van der Waals surface area contributed by atoms with Crippen LogP contribution in [0.3, 0.4) is 0 Å². The van der Waals surface area contributed by atoms with Gasteiger partial charge in [0, 0.05) is 20.1 Å². The summed E-state index contributed by atoms with van der Waals surface area (Å²) < 4.78 is 6.37. The van der Waals surface area contributed by atoms with E-state index in [0.29, 0.717) is 19.4 Å². The minimum absolute atomic E-state index is 0.0288.